The van der Waals surface area contributed by atoms with E-state index in [4.69, 9.17) is 4.74 Å². The number of alkyl halides is 3. The van der Waals surface area contributed by atoms with Gasteiger partial charge in [-0.3, -0.25) is 9.59 Å². The highest BCUT2D eigenvalue weighted by Gasteiger charge is 2.35. The quantitative estimate of drug-likeness (QED) is 0.412. The highest BCUT2D eigenvalue weighted by atomic mass is 19.4. The summed E-state index contributed by atoms with van der Waals surface area (Å²) in [7, 11) is 3.53. The lowest BCUT2D eigenvalue weighted by atomic mass is 10.0. The van der Waals surface area contributed by atoms with Crippen LogP contribution in [0.15, 0.2) is 36.5 Å². The maximum Gasteiger partial charge on any atom is 0.573 e. The molecule has 1 aromatic carbocycles. The Labute approximate surface area is 247 Å². The van der Waals surface area contributed by atoms with Gasteiger partial charge in [-0.2, -0.15) is 9.67 Å². The molecule has 5 rings (SSSR count). The van der Waals surface area contributed by atoms with Gasteiger partial charge in [-0.15, -0.1) is 18.3 Å². The van der Waals surface area contributed by atoms with Crippen molar-refractivity contribution in [2.75, 3.05) is 38.7 Å². The lowest BCUT2D eigenvalue weighted by molar-refractivity contribution is -0.274. The summed E-state index contributed by atoms with van der Waals surface area (Å²) in [6.45, 7) is 6.78. The van der Waals surface area contributed by atoms with Gasteiger partial charge in [0.1, 0.15) is 5.75 Å². The molecule has 3 aromatic rings. The molecule has 1 saturated carbocycles. The molecule has 0 unspecified atom stereocenters. The Morgan fingerprint density at radius 1 is 1.12 bits per heavy atom. The second-order valence-electron chi connectivity index (χ2n) is 11.6. The van der Waals surface area contributed by atoms with Gasteiger partial charge < -0.3 is 24.6 Å². The topological polar surface area (TPSA) is 115 Å². The molecule has 0 radical (unpaired) electrons. The average molecular weight is 602 g/mol. The first-order chi connectivity index (χ1) is 20.2. The predicted octanol–water partition coefficient (Wildman–Crippen LogP) is 4.03. The van der Waals surface area contributed by atoms with Gasteiger partial charge in [-0.1, -0.05) is 0 Å². The van der Waals surface area contributed by atoms with E-state index in [1.807, 2.05) is 6.92 Å². The fraction of sp³-hybridized carbons (Fsp3) is 0.483. The van der Waals surface area contributed by atoms with Crippen molar-refractivity contribution in [3.05, 3.63) is 59.0 Å². The number of morpholine rings is 1. The summed E-state index contributed by atoms with van der Waals surface area (Å²) < 4.78 is 50.1. The molecule has 0 bridgehead atoms. The molecule has 2 fully saturated rings. The standard InChI is InChI=1S/C29H34F3N7O4/c1-17-16-38(10-11-42-17)25(41)19-8-9-23(33-15-19)39-26(34-27(36-39)37(4)5)28(2,3)35-24(40)21-12-20(18-6-7-18)13-22(14-21)43-29(30,31)32/h8-9,12-15,17-18H,6-7,10-11,16H2,1-5H3,(H,35,40)/t17-/m1/s1. The highest BCUT2D eigenvalue weighted by Crippen LogP contribution is 2.42. The Bertz CT molecular complexity index is 1500. The van der Waals surface area contributed by atoms with Crippen LogP contribution >= 0.6 is 0 Å². The van der Waals surface area contributed by atoms with Crippen LogP contribution in [0, 0.1) is 0 Å². The zero-order valence-electron chi connectivity index (χ0n) is 24.6. The van der Waals surface area contributed by atoms with Crippen molar-refractivity contribution in [1.82, 2.24) is 30.0 Å². The van der Waals surface area contributed by atoms with Crippen LogP contribution < -0.4 is 15.0 Å². The molecule has 14 heteroatoms. The zero-order valence-corrected chi connectivity index (χ0v) is 24.6. The number of halogens is 3. The number of nitrogens with zero attached hydrogens (tertiary/aromatic N) is 6. The lowest BCUT2D eigenvalue weighted by Crippen LogP contribution is -2.44. The van der Waals surface area contributed by atoms with E-state index < -0.39 is 23.6 Å². The molecule has 1 atom stereocenters. The molecule has 2 aliphatic rings. The Morgan fingerprint density at radius 2 is 1.86 bits per heavy atom. The number of rotatable bonds is 8. The van der Waals surface area contributed by atoms with Crippen LogP contribution in [0.3, 0.4) is 0 Å². The molecule has 1 aliphatic heterocycles. The smallest absolute Gasteiger partial charge is 0.406 e. The predicted molar refractivity (Wildman–Crippen MR) is 150 cm³/mol. The number of hydrogen-bond donors (Lipinski definition) is 1. The van der Waals surface area contributed by atoms with Crippen LogP contribution in [0.25, 0.3) is 5.82 Å². The summed E-state index contributed by atoms with van der Waals surface area (Å²) in [5, 5.41) is 7.45. The van der Waals surface area contributed by atoms with Crippen molar-refractivity contribution in [3.63, 3.8) is 0 Å². The summed E-state index contributed by atoms with van der Waals surface area (Å²) in [6.07, 6.45) is -1.80. The number of anilines is 1. The van der Waals surface area contributed by atoms with E-state index in [-0.39, 0.29) is 23.5 Å². The Hall–Kier alpha value is -4.20. The van der Waals surface area contributed by atoms with E-state index in [0.29, 0.717) is 48.4 Å². The summed E-state index contributed by atoms with van der Waals surface area (Å²) >= 11 is 0. The first kappa shape index (κ1) is 30.3. The summed E-state index contributed by atoms with van der Waals surface area (Å²) in [6, 6.07) is 7.30. The van der Waals surface area contributed by atoms with Crippen molar-refractivity contribution >= 4 is 17.8 Å². The van der Waals surface area contributed by atoms with E-state index >= 15 is 0 Å². The molecule has 1 aliphatic carbocycles. The minimum atomic E-state index is -4.89. The number of pyridine rings is 1. The third kappa shape index (κ3) is 7.07. The van der Waals surface area contributed by atoms with Crippen LogP contribution in [-0.4, -0.2) is 82.7 Å². The Morgan fingerprint density at radius 3 is 2.47 bits per heavy atom. The largest absolute Gasteiger partial charge is 0.573 e. The third-order valence-corrected chi connectivity index (χ3v) is 7.19. The lowest BCUT2D eigenvalue weighted by Gasteiger charge is -2.31. The van der Waals surface area contributed by atoms with Crippen molar-refractivity contribution in [2.24, 2.45) is 0 Å². The first-order valence-corrected chi connectivity index (χ1v) is 14.0. The molecular weight excluding hydrogens is 567 g/mol. The number of aromatic nitrogens is 4. The molecule has 2 amide bonds. The third-order valence-electron chi connectivity index (χ3n) is 7.19. The number of hydrogen-bond acceptors (Lipinski definition) is 8. The highest BCUT2D eigenvalue weighted by molar-refractivity contribution is 5.95. The molecule has 43 heavy (non-hydrogen) atoms. The van der Waals surface area contributed by atoms with Gasteiger partial charge in [-0.05, 0) is 75.4 Å². The van der Waals surface area contributed by atoms with Crippen molar-refractivity contribution in [3.8, 4) is 11.6 Å². The number of ether oxygens (including phenoxy) is 2. The maximum absolute atomic E-state index is 13.4. The molecule has 230 valence electrons. The second kappa shape index (κ2) is 11.5. The normalized spacial score (nSPS) is 17.5. The molecule has 0 spiro atoms. The van der Waals surface area contributed by atoms with Gasteiger partial charge in [0.2, 0.25) is 5.95 Å². The zero-order chi connectivity index (χ0) is 31.1. The number of benzene rings is 1. The fourth-order valence-electron chi connectivity index (χ4n) is 4.89. The summed E-state index contributed by atoms with van der Waals surface area (Å²) in [4.78, 5) is 39.0. The SMILES string of the molecule is C[C@@H]1CN(C(=O)c2ccc(-n3nc(N(C)C)nc3C(C)(C)NC(=O)c3cc(OC(F)(F)F)cc(C4CC4)c3)nc2)CCO1. The van der Waals surface area contributed by atoms with E-state index in [1.54, 1.807) is 55.9 Å². The van der Waals surface area contributed by atoms with E-state index in [1.165, 1.54) is 16.9 Å². The van der Waals surface area contributed by atoms with Crippen molar-refractivity contribution in [1.29, 1.82) is 0 Å². The molecule has 2 aromatic heterocycles. The molecule has 1 saturated heterocycles. The van der Waals surface area contributed by atoms with Gasteiger partial charge in [0.15, 0.2) is 11.6 Å². The number of nitrogens with one attached hydrogen (secondary N) is 1. The average Bonchev–Trinajstić information content (AvgIpc) is 3.68. The molecular formula is C29H34F3N7O4. The van der Waals surface area contributed by atoms with E-state index in [2.05, 4.69) is 25.1 Å². The van der Waals surface area contributed by atoms with E-state index in [0.717, 1.165) is 18.9 Å². The molecule has 3 heterocycles. The van der Waals surface area contributed by atoms with Crippen molar-refractivity contribution < 1.29 is 32.2 Å². The molecule has 1 N–H and O–H groups in total. The van der Waals surface area contributed by atoms with E-state index in [9.17, 15) is 22.8 Å². The minimum absolute atomic E-state index is 0.0362. The van der Waals surface area contributed by atoms with Crippen LogP contribution in [-0.2, 0) is 10.3 Å². The number of carbonyl (C=O) groups excluding carboxylic acids is 2. The van der Waals surface area contributed by atoms with Crippen LogP contribution in [0.1, 0.15) is 71.6 Å². The number of amides is 2. The number of carbonyl (C=O) groups is 2. The Kier molecular flexibility index (Phi) is 8.07. The fourth-order valence-corrected chi connectivity index (χ4v) is 4.89. The molecule has 11 nitrogen and oxygen atoms in total. The first-order valence-electron chi connectivity index (χ1n) is 14.0. The van der Waals surface area contributed by atoms with Gasteiger partial charge in [0.05, 0.1) is 23.8 Å². The minimum Gasteiger partial charge on any atom is -0.406 e. The van der Waals surface area contributed by atoms with Gasteiger partial charge >= 0.3 is 6.36 Å². The monoisotopic (exact) mass is 601 g/mol. The van der Waals surface area contributed by atoms with Gasteiger partial charge in [0, 0.05) is 38.9 Å². The van der Waals surface area contributed by atoms with Gasteiger partial charge in [-0.25, -0.2) is 4.98 Å². The van der Waals surface area contributed by atoms with Crippen LogP contribution in [0.2, 0.25) is 0 Å². The van der Waals surface area contributed by atoms with Crippen LogP contribution in [0.5, 0.6) is 5.75 Å². The second-order valence-corrected chi connectivity index (χ2v) is 11.6. The van der Waals surface area contributed by atoms with Crippen LogP contribution in [0.4, 0.5) is 19.1 Å². The van der Waals surface area contributed by atoms with Crippen molar-refractivity contribution in [2.45, 2.75) is 57.5 Å². The summed E-state index contributed by atoms with van der Waals surface area (Å²) in [5.74, 6) is -0.0770. The summed E-state index contributed by atoms with van der Waals surface area (Å²) in [5.41, 5.74) is -0.0893. The van der Waals surface area contributed by atoms with Gasteiger partial charge in [0.25, 0.3) is 11.8 Å². The Balaban J connectivity index is 1.42. The maximum atomic E-state index is 13.4.